The van der Waals surface area contributed by atoms with Crippen molar-refractivity contribution < 1.29 is 48.7 Å². The molecule has 0 atom stereocenters. The van der Waals surface area contributed by atoms with Crippen LogP contribution in [0.1, 0.15) is 35.7 Å². The Morgan fingerprint density at radius 3 is 2.24 bits per heavy atom. The molecule has 2 amide bonds. The fraction of sp³-hybridized carbons (Fsp3) is 0.360. The van der Waals surface area contributed by atoms with Gasteiger partial charge in [-0.05, 0) is 31.0 Å². The Kier molecular flexibility index (Phi) is 8.61. The van der Waals surface area contributed by atoms with Crippen molar-refractivity contribution in [1.29, 1.82) is 0 Å². The highest BCUT2D eigenvalue weighted by atomic mass is 32.2. The van der Waals surface area contributed by atoms with Crippen molar-refractivity contribution in [2.24, 2.45) is 0 Å². The van der Waals surface area contributed by atoms with Crippen LogP contribution < -0.4 is 10.1 Å². The van der Waals surface area contributed by atoms with E-state index in [9.17, 15) is 35.2 Å². The summed E-state index contributed by atoms with van der Waals surface area (Å²) in [5, 5.41) is 1.40. The molecule has 17 heteroatoms. The minimum atomic E-state index is -4.83. The number of sulfone groups is 1. The first-order chi connectivity index (χ1) is 19.6. The zero-order chi connectivity index (χ0) is 30.9. The number of pyridine rings is 1. The van der Waals surface area contributed by atoms with Crippen LogP contribution in [0.5, 0.6) is 5.88 Å². The Morgan fingerprint density at radius 2 is 1.64 bits per heavy atom. The maximum atomic E-state index is 15.4. The van der Waals surface area contributed by atoms with Crippen molar-refractivity contribution in [1.82, 2.24) is 19.9 Å². The average Bonchev–Trinajstić information content (AvgIpc) is 2.93. The Balaban J connectivity index is 1.54. The van der Waals surface area contributed by atoms with Crippen molar-refractivity contribution in [3.8, 4) is 5.88 Å². The normalized spacial score (nSPS) is 15.0. The molecule has 42 heavy (non-hydrogen) atoms. The summed E-state index contributed by atoms with van der Waals surface area (Å²) in [4.78, 5) is 24.4. The Hall–Kier alpha value is -4.02. The van der Waals surface area contributed by atoms with Gasteiger partial charge in [-0.2, -0.15) is 22.0 Å². The van der Waals surface area contributed by atoms with Gasteiger partial charge < -0.3 is 15.0 Å². The smallest absolute Gasteiger partial charge is 0.433 e. The molecule has 0 spiro atoms. The number of aromatic nitrogens is 3. The van der Waals surface area contributed by atoms with Gasteiger partial charge >= 0.3 is 18.1 Å². The van der Waals surface area contributed by atoms with Crippen LogP contribution in [0.4, 0.5) is 41.2 Å². The zero-order valence-corrected chi connectivity index (χ0v) is 22.4. The molecular formula is C25H22F7N5O4S. The number of hydrogen-bond donors (Lipinski definition) is 1. The van der Waals surface area contributed by atoms with Gasteiger partial charge in [0.15, 0.2) is 6.61 Å². The molecule has 3 aromatic rings. The minimum absolute atomic E-state index is 0.00646. The zero-order valence-electron chi connectivity index (χ0n) is 21.6. The number of urea groups is 1. The Labute approximate surface area is 234 Å². The summed E-state index contributed by atoms with van der Waals surface area (Å²) in [5.41, 5.74) is -3.18. The fourth-order valence-electron chi connectivity index (χ4n) is 4.20. The van der Waals surface area contributed by atoms with E-state index in [1.165, 1.54) is 4.90 Å². The summed E-state index contributed by atoms with van der Waals surface area (Å²) >= 11 is 0. The lowest BCUT2D eigenvalue weighted by Crippen LogP contribution is -2.41. The van der Waals surface area contributed by atoms with Crippen LogP contribution in [0.25, 0.3) is 0 Å². The van der Waals surface area contributed by atoms with Crippen molar-refractivity contribution >= 4 is 21.6 Å². The number of carbonyl (C=O) groups excluding carboxylic acids is 1. The van der Waals surface area contributed by atoms with Crippen molar-refractivity contribution in [2.45, 2.75) is 36.0 Å². The van der Waals surface area contributed by atoms with E-state index in [2.05, 4.69) is 20.3 Å². The summed E-state index contributed by atoms with van der Waals surface area (Å²) < 4.78 is 126. The quantitative estimate of drug-likeness (QED) is 0.287. The van der Waals surface area contributed by atoms with Crippen LogP contribution in [-0.2, 0) is 21.9 Å². The van der Waals surface area contributed by atoms with E-state index in [0.29, 0.717) is 12.3 Å². The number of anilines is 1. The van der Waals surface area contributed by atoms with Gasteiger partial charge in [0.2, 0.25) is 20.9 Å². The predicted molar refractivity (Wildman–Crippen MR) is 133 cm³/mol. The maximum Gasteiger partial charge on any atom is 0.433 e. The van der Waals surface area contributed by atoms with Gasteiger partial charge in [-0.3, -0.25) is 0 Å². The van der Waals surface area contributed by atoms with Crippen molar-refractivity contribution in [3.05, 3.63) is 71.2 Å². The van der Waals surface area contributed by atoms with E-state index < -0.39 is 80.1 Å². The number of alkyl halides is 5. The van der Waals surface area contributed by atoms with Gasteiger partial charge in [0.25, 0.3) is 0 Å². The second kappa shape index (κ2) is 11.7. The number of carbonyl (C=O) groups is 1. The first-order valence-corrected chi connectivity index (χ1v) is 14.1. The first kappa shape index (κ1) is 30.9. The lowest BCUT2D eigenvalue weighted by atomic mass is 9.89. The third-order valence-electron chi connectivity index (χ3n) is 6.30. The average molecular weight is 622 g/mol. The molecule has 1 saturated heterocycles. The number of para-hydroxylation sites is 1. The number of halogens is 7. The molecule has 1 aliphatic rings. The van der Waals surface area contributed by atoms with E-state index in [0.717, 1.165) is 36.6 Å². The highest BCUT2D eigenvalue weighted by Crippen LogP contribution is 2.38. The number of ether oxygens (including phenoxy) is 1. The largest absolute Gasteiger partial charge is 0.471 e. The van der Waals surface area contributed by atoms with Crippen LogP contribution in [0.2, 0.25) is 0 Å². The minimum Gasteiger partial charge on any atom is -0.471 e. The van der Waals surface area contributed by atoms with Crippen LogP contribution >= 0.6 is 0 Å². The molecule has 1 N–H and O–H groups in total. The van der Waals surface area contributed by atoms with Gasteiger partial charge in [-0.15, -0.1) is 0 Å². The molecule has 0 unspecified atom stereocenters. The molecule has 9 nitrogen and oxygen atoms in total. The van der Waals surface area contributed by atoms with Crippen LogP contribution in [0.15, 0.2) is 47.8 Å². The summed E-state index contributed by atoms with van der Waals surface area (Å²) in [7, 11) is -4.03. The predicted octanol–water partition coefficient (Wildman–Crippen LogP) is 5.15. The van der Waals surface area contributed by atoms with Crippen LogP contribution in [0.3, 0.4) is 0 Å². The molecule has 4 rings (SSSR count). The topological polar surface area (TPSA) is 114 Å². The monoisotopic (exact) mass is 621 g/mol. The molecule has 0 saturated carbocycles. The van der Waals surface area contributed by atoms with Gasteiger partial charge in [0.1, 0.15) is 23.0 Å². The third-order valence-corrected chi connectivity index (χ3v) is 7.16. The van der Waals surface area contributed by atoms with Crippen molar-refractivity contribution in [2.75, 3.05) is 31.3 Å². The molecule has 0 radical (unpaired) electrons. The standard InChI is InChI=1S/C25H22F7N5O4S/c1-42(39,40)22-33-12-15(24(28,29)13-41-19-7-3-6-18(34-19)25(30,31)32)20(35-22)14-8-10-37(11-9-14)23(38)36-21-16(26)4-2-5-17(21)27/h2-7,12,14H,8-11,13H2,1H3,(H,36,38). The summed E-state index contributed by atoms with van der Waals surface area (Å²) in [6.07, 6.45) is -3.43. The van der Waals surface area contributed by atoms with E-state index in [-0.39, 0.29) is 31.6 Å². The van der Waals surface area contributed by atoms with Gasteiger partial charge in [-0.1, -0.05) is 12.1 Å². The molecule has 0 aliphatic carbocycles. The molecule has 1 fully saturated rings. The number of nitrogens with zero attached hydrogens (tertiary/aromatic N) is 4. The Morgan fingerprint density at radius 1 is 1.02 bits per heavy atom. The highest BCUT2D eigenvalue weighted by molar-refractivity contribution is 7.90. The molecule has 2 aromatic heterocycles. The van der Waals surface area contributed by atoms with Crippen LogP contribution in [-0.4, -0.2) is 60.3 Å². The molecule has 226 valence electrons. The van der Waals surface area contributed by atoms with E-state index in [4.69, 9.17) is 4.74 Å². The van der Waals surface area contributed by atoms with Crippen LogP contribution in [0, 0.1) is 11.6 Å². The first-order valence-electron chi connectivity index (χ1n) is 12.2. The SMILES string of the molecule is CS(=O)(=O)c1ncc(C(F)(F)COc2cccc(C(F)(F)F)n2)c(C2CCN(C(=O)Nc3c(F)cccc3F)CC2)n1. The second-order valence-corrected chi connectivity index (χ2v) is 11.3. The Bertz CT molecular complexity index is 1560. The summed E-state index contributed by atoms with van der Waals surface area (Å²) in [5.74, 6) is -7.43. The molecule has 1 aliphatic heterocycles. The molecule has 3 heterocycles. The summed E-state index contributed by atoms with van der Waals surface area (Å²) in [6.45, 7) is -1.60. The van der Waals surface area contributed by atoms with Gasteiger partial charge in [0.05, 0.1) is 11.3 Å². The van der Waals surface area contributed by atoms with Gasteiger partial charge in [-0.25, -0.2) is 36.9 Å². The fourth-order valence-corrected chi connectivity index (χ4v) is 4.71. The summed E-state index contributed by atoms with van der Waals surface area (Å²) in [6, 6.07) is 4.71. The number of likely N-dealkylation sites (tertiary alicyclic amines) is 1. The van der Waals surface area contributed by atoms with E-state index in [1.807, 2.05) is 0 Å². The van der Waals surface area contributed by atoms with Crippen molar-refractivity contribution in [3.63, 3.8) is 0 Å². The van der Waals surface area contributed by atoms with E-state index in [1.54, 1.807) is 0 Å². The number of hydrogen-bond acceptors (Lipinski definition) is 7. The third kappa shape index (κ3) is 7.06. The molecule has 1 aromatic carbocycles. The lowest BCUT2D eigenvalue weighted by Gasteiger charge is -2.33. The number of benzene rings is 1. The number of nitrogens with one attached hydrogen (secondary N) is 1. The van der Waals surface area contributed by atoms with Gasteiger partial charge in [0, 0.05) is 37.5 Å². The second-order valence-electron chi connectivity index (χ2n) is 9.36. The lowest BCUT2D eigenvalue weighted by molar-refractivity contribution is -0.141. The number of piperidine rings is 1. The highest BCUT2D eigenvalue weighted by Gasteiger charge is 2.40. The van der Waals surface area contributed by atoms with E-state index >= 15 is 8.78 Å². The molecular weight excluding hydrogens is 599 g/mol. The number of amides is 2. The maximum absolute atomic E-state index is 15.4. The number of rotatable bonds is 7. The molecule has 0 bridgehead atoms.